The van der Waals surface area contributed by atoms with E-state index in [2.05, 4.69) is 15.3 Å². The van der Waals surface area contributed by atoms with Gasteiger partial charge in [-0.1, -0.05) is 0 Å². The number of carbonyl (C=O) groups is 1. The third-order valence-electron chi connectivity index (χ3n) is 5.42. The largest absolute Gasteiger partial charge is 0.465 e. The fourth-order valence-electron chi connectivity index (χ4n) is 5.00. The Morgan fingerprint density at radius 1 is 1.35 bits per heavy atom. The van der Waals surface area contributed by atoms with Crippen molar-refractivity contribution in [1.29, 1.82) is 0 Å². The minimum Gasteiger partial charge on any atom is -0.465 e. The lowest BCUT2D eigenvalue weighted by Crippen LogP contribution is -2.29. The number of rotatable bonds is 2. The number of aromatic nitrogens is 2. The summed E-state index contributed by atoms with van der Waals surface area (Å²) in [5.41, 5.74) is 5.98. The fourth-order valence-corrected chi connectivity index (χ4v) is 5.00. The molecule has 4 fully saturated rings. The second-order valence-electron chi connectivity index (χ2n) is 6.48. The number of anilines is 2. The van der Waals surface area contributed by atoms with E-state index in [1.165, 1.54) is 32.1 Å². The lowest BCUT2D eigenvalue weighted by molar-refractivity contribution is 0.209. The van der Waals surface area contributed by atoms with Crippen LogP contribution < -0.4 is 11.1 Å². The molecule has 0 aliphatic heterocycles. The van der Waals surface area contributed by atoms with Gasteiger partial charge < -0.3 is 15.8 Å². The van der Waals surface area contributed by atoms with Crippen LogP contribution in [0.4, 0.5) is 16.4 Å². The smallest absolute Gasteiger partial charge is 0.410 e. The highest BCUT2D eigenvalue weighted by molar-refractivity contribution is 5.85. The van der Waals surface area contributed by atoms with Crippen molar-refractivity contribution in [2.75, 3.05) is 11.1 Å². The average molecular weight is 299 g/mol. The number of hydrogen-bond donors (Lipinski definition) is 4. The van der Waals surface area contributed by atoms with E-state index in [1.807, 2.05) is 0 Å². The Kier molecular flexibility index (Phi) is 2.90. The molecule has 1 amide bonds. The molecule has 6 nitrogen and oxygen atoms in total. The zero-order valence-corrected chi connectivity index (χ0v) is 11.9. The first-order valence-corrected chi connectivity index (χ1v) is 6.93. The van der Waals surface area contributed by atoms with Crippen LogP contribution >= 0.6 is 12.4 Å². The quantitative estimate of drug-likeness (QED) is 0.673. The molecule has 5 rings (SSSR count). The zero-order valence-electron chi connectivity index (χ0n) is 11.1. The lowest BCUT2D eigenvalue weighted by atomic mass is 9.75. The predicted molar refractivity (Wildman–Crippen MR) is 77.1 cm³/mol. The van der Waals surface area contributed by atoms with Crippen molar-refractivity contribution >= 4 is 30.1 Å². The van der Waals surface area contributed by atoms with Gasteiger partial charge in [-0.05, 0) is 49.9 Å². The van der Waals surface area contributed by atoms with Gasteiger partial charge in [0.05, 0.1) is 0 Å². The predicted octanol–water partition coefficient (Wildman–Crippen LogP) is 2.58. The van der Waals surface area contributed by atoms with Gasteiger partial charge in [0, 0.05) is 5.41 Å². The van der Waals surface area contributed by atoms with Gasteiger partial charge in [-0.3, -0.25) is 5.32 Å². The third kappa shape index (κ3) is 1.70. The minimum absolute atomic E-state index is 0. The van der Waals surface area contributed by atoms with Gasteiger partial charge >= 0.3 is 6.09 Å². The molecular weight excluding hydrogens is 280 g/mol. The molecule has 5 N–H and O–H groups in total. The molecule has 110 valence electrons. The highest BCUT2D eigenvalue weighted by Gasteiger charge is 2.59. The summed E-state index contributed by atoms with van der Waals surface area (Å²) in [5.74, 6) is 3.86. The maximum absolute atomic E-state index is 10.7. The van der Waals surface area contributed by atoms with Crippen LogP contribution in [-0.2, 0) is 5.41 Å². The molecule has 0 radical (unpaired) electrons. The van der Waals surface area contributed by atoms with Gasteiger partial charge in [-0.15, -0.1) is 12.4 Å². The highest BCUT2D eigenvalue weighted by Crippen LogP contribution is 2.65. The van der Waals surface area contributed by atoms with Crippen molar-refractivity contribution in [2.24, 2.45) is 17.8 Å². The summed E-state index contributed by atoms with van der Waals surface area (Å²) in [6.45, 7) is 0. The molecule has 0 spiro atoms. The number of imidazole rings is 1. The molecule has 7 heteroatoms. The minimum atomic E-state index is -1.13. The van der Waals surface area contributed by atoms with Crippen molar-refractivity contribution in [3.05, 3.63) is 5.82 Å². The van der Waals surface area contributed by atoms with Crippen LogP contribution in [0.25, 0.3) is 0 Å². The normalized spacial score (nSPS) is 36.9. The van der Waals surface area contributed by atoms with E-state index in [0.29, 0.717) is 11.7 Å². The first-order chi connectivity index (χ1) is 9.07. The molecule has 4 aliphatic rings. The number of carboxylic acid groups (broad SMARTS) is 1. The van der Waals surface area contributed by atoms with E-state index in [1.54, 1.807) is 0 Å². The third-order valence-corrected chi connectivity index (χ3v) is 5.42. The first kappa shape index (κ1) is 13.5. The summed E-state index contributed by atoms with van der Waals surface area (Å²) >= 11 is 0. The molecule has 2 unspecified atom stereocenters. The van der Waals surface area contributed by atoms with Gasteiger partial charge in [0.15, 0.2) is 5.82 Å². The Bertz CT molecular complexity index is 545. The summed E-state index contributed by atoms with van der Waals surface area (Å²) in [4.78, 5) is 18.3. The molecule has 0 saturated heterocycles. The van der Waals surface area contributed by atoms with Gasteiger partial charge in [0.1, 0.15) is 11.6 Å². The maximum Gasteiger partial charge on any atom is 0.410 e. The van der Waals surface area contributed by atoms with Crippen molar-refractivity contribution in [3.8, 4) is 0 Å². The van der Waals surface area contributed by atoms with Gasteiger partial charge in [-0.25, -0.2) is 9.78 Å². The molecule has 2 atom stereocenters. The average Bonchev–Trinajstić information content (AvgIpc) is 2.88. The van der Waals surface area contributed by atoms with E-state index >= 15 is 0 Å². The van der Waals surface area contributed by atoms with Crippen LogP contribution in [0.15, 0.2) is 0 Å². The van der Waals surface area contributed by atoms with Crippen LogP contribution in [0.3, 0.4) is 0 Å². The molecule has 0 aromatic carbocycles. The molecule has 20 heavy (non-hydrogen) atoms. The molecule has 4 aliphatic carbocycles. The number of nitrogen functional groups attached to an aromatic ring is 1. The number of halogens is 1. The fraction of sp³-hybridized carbons (Fsp3) is 0.692. The zero-order chi connectivity index (χ0) is 13.2. The number of H-pyrrole nitrogens is 1. The van der Waals surface area contributed by atoms with Crippen LogP contribution in [0, 0.1) is 17.8 Å². The molecule has 1 aromatic rings. The Hall–Kier alpha value is -1.43. The topological polar surface area (TPSA) is 104 Å². The van der Waals surface area contributed by atoms with Crippen molar-refractivity contribution in [3.63, 3.8) is 0 Å². The van der Waals surface area contributed by atoms with Crippen LogP contribution in [0.2, 0.25) is 0 Å². The SMILES string of the molecule is Cl.Nc1[nH]c(C23CC4CC(CC2C4)C3)nc1NC(=O)O. The number of nitrogens with one attached hydrogen (secondary N) is 2. The summed E-state index contributed by atoms with van der Waals surface area (Å²) in [6.07, 6.45) is 5.23. The monoisotopic (exact) mass is 298 g/mol. The molecule has 4 saturated carbocycles. The lowest BCUT2D eigenvalue weighted by Gasteiger charge is -2.30. The summed E-state index contributed by atoms with van der Waals surface area (Å²) in [7, 11) is 0. The Labute approximate surface area is 122 Å². The molecular formula is C13H19ClN4O2. The number of nitrogens with two attached hydrogens (primary N) is 1. The van der Waals surface area contributed by atoms with Crippen molar-refractivity contribution in [1.82, 2.24) is 9.97 Å². The van der Waals surface area contributed by atoms with E-state index < -0.39 is 6.09 Å². The van der Waals surface area contributed by atoms with Crippen molar-refractivity contribution in [2.45, 2.75) is 37.5 Å². The van der Waals surface area contributed by atoms with E-state index in [9.17, 15) is 4.79 Å². The maximum atomic E-state index is 10.7. The molecule has 1 aromatic heterocycles. The summed E-state index contributed by atoms with van der Waals surface area (Å²) in [6, 6.07) is 0. The Morgan fingerprint density at radius 2 is 2.00 bits per heavy atom. The summed E-state index contributed by atoms with van der Waals surface area (Å²) in [5, 5.41) is 11.0. The van der Waals surface area contributed by atoms with Crippen LogP contribution in [-0.4, -0.2) is 21.2 Å². The van der Waals surface area contributed by atoms with Crippen LogP contribution in [0.1, 0.15) is 37.9 Å². The second kappa shape index (κ2) is 4.28. The number of hydrogen-bond acceptors (Lipinski definition) is 3. The van der Waals surface area contributed by atoms with Gasteiger partial charge in [0.2, 0.25) is 0 Å². The molecule has 4 bridgehead atoms. The van der Waals surface area contributed by atoms with E-state index in [-0.39, 0.29) is 23.6 Å². The Morgan fingerprint density at radius 3 is 2.60 bits per heavy atom. The highest BCUT2D eigenvalue weighted by atomic mass is 35.5. The standard InChI is InChI=1S/C13H18N4O2.ClH/c14-9-10(17-12(18)19)16-11(15-9)13-4-6-1-7(5-13)3-8(13)2-6;/h6-8,17H,1-5,14H2,(H,15,16)(H,18,19);1H. The summed E-state index contributed by atoms with van der Waals surface area (Å²) < 4.78 is 0. The molecule has 1 heterocycles. The first-order valence-electron chi connectivity index (χ1n) is 6.93. The van der Waals surface area contributed by atoms with Crippen molar-refractivity contribution < 1.29 is 9.90 Å². The van der Waals surface area contributed by atoms with Crippen LogP contribution in [0.5, 0.6) is 0 Å². The number of aromatic amines is 1. The van der Waals surface area contributed by atoms with E-state index in [4.69, 9.17) is 10.8 Å². The van der Waals surface area contributed by atoms with E-state index in [0.717, 1.165) is 17.7 Å². The number of nitrogens with zero attached hydrogens (tertiary/aromatic N) is 1. The number of amides is 1. The van der Waals surface area contributed by atoms with Gasteiger partial charge in [-0.2, -0.15) is 0 Å². The second-order valence-corrected chi connectivity index (χ2v) is 6.48. The van der Waals surface area contributed by atoms with Gasteiger partial charge in [0.25, 0.3) is 0 Å². The Balaban J connectivity index is 0.00000121.